The van der Waals surface area contributed by atoms with Gasteiger partial charge in [0.25, 0.3) is 0 Å². The van der Waals surface area contributed by atoms with Crippen LogP contribution in [0.5, 0.6) is 0 Å². The fourth-order valence-corrected chi connectivity index (χ4v) is 3.13. The van der Waals surface area contributed by atoms with Gasteiger partial charge in [0.05, 0.1) is 18.0 Å². The molecule has 0 fully saturated rings. The van der Waals surface area contributed by atoms with Gasteiger partial charge in [-0.1, -0.05) is 60.1 Å². The Balaban J connectivity index is 1.97. The van der Waals surface area contributed by atoms with E-state index in [1.807, 2.05) is 54.6 Å². The van der Waals surface area contributed by atoms with E-state index in [-0.39, 0.29) is 12.3 Å². The van der Waals surface area contributed by atoms with Crippen LogP contribution >= 0.6 is 11.6 Å². The average molecular weight is 378 g/mol. The Morgan fingerprint density at radius 2 is 1.81 bits per heavy atom. The minimum Gasteiger partial charge on any atom is -0.461 e. The van der Waals surface area contributed by atoms with Gasteiger partial charge in [-0.2, -0.15) is 5.10 Å². The summed E-state index contributed by atoms with van der Waals surface area (Å²) in [7, 11) is 0. The number of hydrogen-bond donors (Lipinski definition) is 0. The summed E-state index contributed by atoms with van der Waals surface area (Å²) >= 11 is 6.40. The van der Waals surface area contributed by atoms with Crippen LogP contribution in [-0.4, -0.2) is 27.2 Å². The van der Waals surface area contributed by atoms with E-state index in [2.05, 4.69) is 4.98 Å². The van der Waals surface area contributed by atoms with E-state index in [0.29, 0.717) is 16.4 Å². The smallest absolute Gasteiger partial charge is 0.357 e. The van der Waals surface area contributed by atoms with Crippen LogP contribution in [0.3, 0.4) is 0 Å². The molecule has 0 unspecified atom stereocenters. The predicted molar refractivity (Wildman–Crippen MR) is 105 cm³/mol. The Morgan fingerprint density at radius 1 is 1.07 bits per heavy atom. The van der Waals surface area contributed by atoms with E-state index in [1.165, 1.54) is 0 Å². The number of aromatic nitrogens is 3. The van der Waals surface area contributed by atoms with Crippen LogP contribution in [0.25, 0.3) is 28.2 Å². The lowest BCUT2D eigenvalue weighted by Gasteiger charge is -2.09. The zero-order chi connectivity index (χ0) is 18.8. The Morgan fingerprint density at radius 3 is 2.56 bits per heavy atom. The lowest BCUT2D eigenvalue weighted by Crippen LogP contribution is -2.09. The number of fused-ring (bicyclic) bond motifs is 1. The standard InChI is InChI=1S/C21H16ClN3O2/c1-2-27-21(26)18-12-19(15-10-6-7-11-16(15)22)25-20(23-18)13-17(24-25)14-8-4-3-5-9-14/h3-13H,2H2,1H3. The second-order valence-corrected chi connectivity index (χ2v) is 6.30. The molecular weight excluding hydrogens is 362 g/mol. The first-order chi connectivity index (χ1) is 13.2. The fraction of sp³-hybridized carbons (Fsp3) is 0.0952. The molecule has 2 heterocycles. The highest BCUT2D eigenvalue weighted by Crippen LogP contribution is 2.30. The van der Waals surface area contributed by atoms with Crippen molar-refractivity contribution in [3.05, 3.63) is 77.4 Å². The zero-order valence-electron chi connectivity index (χ0n) is 14.6. The van der Waals surface area contributed by atoms with Gasteiger partial charge >= 0.3 is 5.97 Å². The van der Waals surface area contributed by atoms with E-state index in [0.717, 1.165) is 16.8 Å². The van der Waals surface area contributed by atoms with Crippen LogP contribution in [0.4, 0.5) is 0 Å². The molecule has 0 spiro atoms. The van der Waals surface area contributed by atoms with Crippen molar-refractivity contribution in [3.63, 3.8) is 0 Å². The maximum absolute atomic E-state index is 12.3. The van der Waals surface area contributed by atoms with Crippen LogP contribution in [0.15, 0.2) is 66.7 Å². The van der Waals surface area contributed by atoms with Crippen LogP contribution in [-0.2, 0) is 4.74 Å². The van der Waals surface area contributed by atoms with E-state index in [4.69, 9.17) is 21.4 Å². The molecule has 134 valence electrons. The van der Waals surface area contributed by atoms with Gasteiger partial charge in [0.2, 0.25) is 0 Å². The van der Waals surface area contributed by atoms with Crippen molar-refractivity contribution in [2.45, 2.75) is 6.92 Å². The van der Waals surface area contributed by atoms with Crippen LogP contribution in [0.2, 0.25) is 5.02 Å². The first-order valence-electron chi connectivity index (χ1n) is 8.55. The van der Waals surface area contributed by atoms with E-state index in [1.54, 1.807) is 23.6 Å². The predicted octanol–water partition coefficient (Wildman–Crippen LogP) is 4.89. The Hall–Kier alpha value is -3.18. The highest BCUT2D eigenvalue weighted by Gasteiger charge is 2.18. The number of benzene rings is 2. The van der Waals surface area contributed by atoms with E-state index in [9.17, 15) is 4.79 Å². The summed E-state index contributed by atoms with van der Waals surface area (Å²) in [6, 6.07) is 20.7. The third-order valence-corrected chi connectivity index (χ3v) is 4.46. The summed E-state index contributed by atoms with van der Waals surface area (Å²) in [5.41, 5.74) is 3.94. The third kappa shape index (κ3) is 3.29. The molecule has 0 N–H and O–H groups in total. The van der Waals surface area contributed by atoms with Crippen molar-refractivity contribution in [1.82, 2.24) is 14.6 Å². The second kappa shape index (κ2) is 7.21. The average Bonchev–Trinajstić information content (AvgIpc) is 3.13. The molecule has 0 aliphatic carbocycles. The van der Waals surface area contributed by atoms with Crippen molar-refractivity contribution in [3.8, 4) is 22.5 Å². The van der Waals surface area contributed by atoms with Crippen molar-refractivity contribution in [2.75, 3.05) is 6.61 Å². The number of esters is 1. The van der Waals surface area contributed by atoms with Crippen molar-refractivity contribution < 1.29 is 9.53 Å². The molecule has 0 aliphatic rings. The quantitative estimate of drug-likeness (QED) is 0.475. The maximum Gasteiger partial charge on any atom is 0.357 e. The summed E-state index contributed by atoms with van der Waals surface area (Å²) in [5.74, 6) is -0.476. The molecule has 4 aromatic rings. The number of nitrogens with zero attached hydrogens (tertiary/aromatic N) is 3. The number of halogens is 1. The largest absolute Gasteiger partial charge is 0.461 e. The molecule has 0 bridgehead atoms. The first-order valence-corrected chi connectivity index (χ1v) is 8.93. The molecule has 0 amide bonds. The fourth-order valence-electron chi connectivity index (χ4n) is 2.89. The highest BCUT2D eigenvalue weighted by atomic mass is 35.5. The van der Waals surface area contributed by atoms with Crippen molar-refractivity contribution >= 4 is 23.2 Å². The lowest BCUT2D eigenvalue weighted by molar-refractivity contribution is 0.0519. The van der Waals surface area contributed by atoms with Crippen molar-refractivity contribution in [1.29, 1.82) is 0 Å². The van der Waals surface area contributed by atoms with Crippen LogP contribution in [0, 0.1) is 0 Å². The third-order valence-electron chi connectivity index (χ3n) is 4.13. The Bertz CT molecular complexity index is 1120. The summed E-state index contributed by atoms with van der Waals surface area (Å²) in [6.07, 6.45) is 0. The number of rotatable bonds is 4. The SMILES string of the molecule is CCOC(=O)c1cc(-c2ccccc2Cl)n2nc(-c3ccccc3)cc2n1. The topological polar surface area (TPSA) is 56.5 Å². The molecular formula is C21H16ClN3O2. The molecule has 0 saturated carbocycles. The number of carbonyl (C=O) groups excluding carboxylic acids is 1. The zero-order valence-corrected chi connectivity index (χ0v) is 15.3. The number of ether oxygens (including phenoxy) is 1. The molecule has 0 aliphatic heterocycles. The van der Waals surface area contributed by atoms with Gasteiger partial charge in [0.1, 0.15) is 0 Å². The van der Waals surface area contributed by atoms with Gasteiger partial charge in [-0.15, -0.1) is 0 Å². The summed E-state index contributed by atoms with van der Waals surface area (Å²) in [6.45, 7) is 2.04. The minimum atomic E-state index is -0.476. The number of carbonyl (C=O) groups is 1. The van der Waals surface area contributed by atoms with Gasteiger partial charge in [-0.25, -0.2) is 14.3 Å². The summed E-state index contributed by atoms with van der Waals surface area (Å²) in [4.78, 5) is 16.7. The summed E-state index contributed by atoms with van der Waals surface area (Å²) < 4.78 is 6.83. The van der Waals surface area contributed by atoms with Crippen LogP contribution in [0.1, 0.15) is 17.4 Å². The maximum atomic E-state index is 12.3. The van der Waals surface area contributed by atoms with Gasteiger partial charge < -0.3 is 4.74 Å². The second-order valence-electron chi connectivity index (χ2n) is 5.89. The monoisotopic (exact) mass is 377 g/mol. The molecule has 0 radical (unpaired) electrons. The normalized spacial score (nSPS) is 10.9. The minimum absolute atomic E-state index is 0.221. The Labute approximate surface area is 161 Å². The van der Waals surface area contributed by atoms with Gasteiger partial charge in [-0.3, -0.25) is 0 Å². The molecule has 4 rings (SSSR count). The van der Waals surface area contributed by atoms with Gasteiger partial charge in [0.15, 0.2) is 11.3 Å². The van der Waals surface area contributed by atoms with Gasteiger partial charge in [0, 0.05) is 22.2 Å². The lowest BCUT2D eigenvalue weighted by atomic mass is 10.1. The molecule has 5 nitrogen and oxygen atoms in total. The molecule has 6 heteroatoms. The van der Waals surface area contributed by atoms with Gasteiger partial charge in [-0.05, 0) is 19.1 Å². The molecule has 0 atom stereocenters. The molecule has 27 heavy (non-hydrogen) atoms. The summed E-state index contributed by atoms with van der Waals surface area (Å²) in [5, 5.41) is 5.26. The van der Waals surface area contributed by atoms with Crippen molar-refractivity contribution in [2.24, 2.45) is 0 Å². The number of hydrogen-bond acceptors (Lipinski definition) is 4. The Kier molecular flexibility index (Phi) is 4.60. The van der Waals surface area contributed by atoms with Crippen LogP contribution < -0.4 is 0 Å². The molecule has 0 saturated heterocycles. The first kappa shape index (κ1) is 17.2. The van der Waals surface area contributed by atoms with E-state index >= 15 is 0 Å². The molecule has 2 aromatic heterocycles. The highest BCUT2D eigenvalue weighted by molar-refractivity contribution is 6.33. The van der Waals surface area contributed by atoms with E-state index < -0.39 is 5.97 Å². The molecule has 2 aromatic carbocycles.